The van der Waals surface area contributed by atoms with Crippen LogP contribution in [0.1, 0.15) is 30.4 Å². The number of aryl methyl sites for hydroxylation is 1. The molecule has 5 nitrogen and oxygen atoms in total. The van der Waals surface area contributed by atoms with E-state index in [1.54, 1.807) is 26.2 Å². The van der Waals surface area contributed by atoms with Gasteiger partial charge in [0.15, 0.2) is 0 Å². The summed E-state index contributed by atoms with van der Waals surface area (Å²) < 4.78 is 32.6. The topological polar surface area (TPSA) is 70.4 Å². The Morgan fingerprint density at radius 2 is 2.18 bits per heavy atom. The van der Waals surface area contributed by atoms with Crippen molar-refractivity contribution in [1.29, 1.82) is 5.26 Å². The lowest BCUT2D eigenvalue weighted by molar-refractivity contribution is 0.141. The summed E-state index contributed by atoms with van der Waals surface area (Å²) in [6, 6.07) is 7.00. The van der Waals surface area contributed by atoms with Gasteiger partial charge in [-0.3, -0.25) is 0 Å². The molecular formula is C16H22N2O3S. The maximum absolute atomic E-state index is 13.0. The molecule has 1 aromatic rings. The Labute approximate surface area is 132 Å². The van der Waals surface area contributed by atoms with Crippen molar-refractivity contribution < 1.29 is 13.2 Å². The van der Waals surface area contributed by atoms with Crippen molar-refractivity contribution in [3.8, 4) is 6.07 Å². The van der Waals surface area contributed by atoms with Crippen molar-refractivity contribution in [2.75, 3.05) is 26.8 Å². The number of hydrogen-bond donors (Lipinski definition) is 0. The molecule has 120 valence electrons. The van der Waals surface area contributed by atoms with Crippen LogP contribution in [0.2, 0.25) is 0 Å². The van der Waals surface area contributed by atoms with E-state index in [4.69, 9.17) is 4.74 Å². The van der Waals surface area contributed by atoms with E-state index < -0.39 is 10.0 Å². The van der Waals surface area contributed by atoms with Crippen LogP contribution in [0.5, 0.6) is 0 Å². The lowest BCUT2D eigenvalue weighted by atomic mass is 10.1. The molecule has 1 unspecified atom stereocenters. The summed E-state index contributed by atoms with van der Waals surface area (Å²) >= 11 is 0. The highest BCUT2D eigenvalue weighted by Crippen LogP contribution is 2.26. The van der Waals surface area contributed by atoms with Crippen LogP contribution in [0.3, 0.4) is 0 Å². The molecule has 0 aromatic heterocycles. The van der Waals surface area contributed by atoms with Gasteiger partial charge < -0.3 is 4.74 Å². The molecule has 0 radical (unpaired) electrons. The third-order valence-electron chi connectivity index (χ3n) is 4.10. The van der Waals surface area contributed by atoms with Crippen molar-refractivity contribution in [1.82, 2.24) is 4.31 Å². The minimum Gasteiger partial charge on any atom is -0.384 e. The number of ether oxygens (including phenoxy) is 1. The normalized spacial score (nSPS) is 20.3. The van der Waals surface area contributed by atoms with Crippen LogP contribution in [-0.2, 0) is 14.8 Å². The van der Waals surface area contributed by atoms with Gasteiger partial charge in [0.05, 0.1) is 12.2 Å². The molecule has 2 rings (SSSR count). The fourth-order valence-electron chi connectivity index (χ4n) is 2.92. The molecule has 1 aliphatic rings. The summed E-state index contributed by atoms with van der Waals surface area (Å²) in [4.78, 5) is 0.119. The first-order chi connectivity index (χ1) is 10.5. The summed E-state index contributed by atoms with van der Waals surface area (Å²) in [7, 11) is -2.01. The van der Waals surface area contributed by atoms with E-state index in [0.29, 0.717) is 25.3 Å². The van der Waals surface area contributed by atoms with Gasteiger partial charge >= 0.3 is 0 Å². The van der Waals surface area contributed by atoms with E-state index in [1.165, 1.54) is 10.4 Å². The Hall–Kier alpha value is -1.42. The fraction of sp³-hybridized carbons (Fsp3) is 0.562. The molecule has 1 saturated heterocycles. The number of nitrogens with zero attached hydrogens (tertiary/aromatic N) is 2. The number of sulfonamides is 1. The molecule has 6 heteroatoms. The van der Waals surface area contributed by atoms with Crippen LogP contribution < -0.4 is 0 Å². The van der Waals surface area contributed by atoms with Crippen LogP contribution in [0, 0.1) is 24.2 Å². The number of rotatable bonds is 4. The molecule has 0 aliphatic carbocycles. The van der Waals surface area contributed by atoms with Gasteiger partial charge in [-0.25, -0.2) is 8.42 Å². The Kier molecular flexibility index (Phi) is 5.57. The molecule has 0 amide bonds. The van der Waals surface area contributed by atoms with Gasteiger partial charge in [-0.2, -0.15) is 9.57 Å². The lowest BCUT2D eigenvalue weighted by Crippen LogP contribution is -2.36. The van der Waals surface area contributed by atoms with E-state index in [-0.39, 0.29) is 16.4 Å². The first kappa shape index (κ1) is 16.9. The highest BCUT2D eigenvalue weighted by Gasteiger charge is 2.31. The summed E-state index contributed by atoms with van der Waals surface area (Å²) in [5, 5.41) is 9.30. The average molecular weight is 322 g/mol. The Balaban J connectivity index is 2.37. The monoisotopic (exact) mass is 322 g/mol. The van der Waals surface area contributed by atoms with Gasteiger partial charge in [0.2, 0.25) is 10.0 Å². The van der Waals surface area contributed by atoms with E-state index >= 15 is 0 Å². The van der Waals surface area contributed by atoms with Gasteiger partial charge in [0.25, 0.3) is 0 Å². The van der Waals surface area contributed by atoms with Crippen molar-refractivity contribution in [3.63, 3.8) is 0 Å². The predicted molar refractivity (Wildman–Crippen MR) is 83.9 cm³/mol. The minimum absolute atomic E-state index is 0.119. The second-order valence-electron chi connectivity index (χ2n) is 5.74. The standard InChI is InChI=1S/C16H22N2O3S/c1-13-6-5-8-16(15(13)10-17)22(19,20)18-9-4-3-7-14(11-18)12-21-2/h5-6,8,14H,3-4,7,9,11-12H2,1-2H3. The largest absolute Gasteiger partial charge is 0.384 e. The molecule has 0 saturated carbocycles. The Morgan fingerprint density at radius 1 is 1.41 bits per heavy atom. The summed E-state index contributed by atoms with van der Waals surface area (Å²) in [6.45, 7) is 3.27. The van der Waals surface area contributed by atoms with Crippen LogP contribution in [0.25, 0.3) is 0 Å². The third kappa shape index (κ3) is 3.49. The van der Waals surface area contributed by atoms with E-state index in [9.17, 15) is 13.7 Å². The molecule has 0 spiro atoms. The Morgan fingerprint density at radius 3 is 2.86 bits per heavy atom. The molecule has 22 heavy (non-hydrogen) atoms. The number of hydrogen-bond acceptors (Lipinski definition) is 4. The molecule has 1 heterocycles. The van der Waals surface area contributed by atoms with E-state index in [0.717, 1.165) is 19.3 Å². The van der Waals surface area contributed by atoms with Gasteiger partial charge in [-0.05, 0) is 37.3 Å². The average Bonchev–Trinajstić information content (AvgIpc) is 2.73. The predicted octanol–water partition coefficient (Wildman–Crippen LogP) is 2.30. The lowest BCUT2D eigenvalue weighted by Gasteiger charge is -2.24. The highest BCUT2D eigenvalue weighted by atomic mass is 32.2. The molecule has 1 aliphatic heterocycles. The minimum atomic E-state index is -3.65. The summed E-state index contributed by atoms with van der Waals surface area (Å²) in [5.74, 6) is 0.206. The second-order valence-corrected chi connectivity index (χ2v) is 7.65. The molecule has 1 aromatic carbocycles. The zero-order valence-electron chi connectivity index (χ0n) is 13.1. The van der Waals surface area contributed by atoms with Crippen LogP contribution in [0.4, 0.5) is 0 Å². The maximum atomic E-state index is 13.0. The first-order valence-corrected chi connectivity index (χ1v) is 8.93. The van der Waals surface area contributed by atoms with Gasteiger partial charge in [-0.1, -0.05) is 18.6 Å². The van der Waals surface area contributed by atoms with Gasteiger partial charge in [0, 0.05) is 20.2 Å². The van der Waals surface area contributed by atoms with E-state index in [1.807, 2.05) is 6.07 Å². The molecule has 0 N–H and O–H groups in total. The summed E-state index contributed by atoms with van der Waals surface area (Å²) in [6.07, 6.45) is 2.81. The van der Waals surface area contributed by atoms with E-state index in [2.05, 4.69) is 0 Å². The summed E-state index contributed by atoms with van der Waals surface area (Å²) in [5.41, 5.74) is 0.932. The Bertz CT molecular complexity index is 664. The van der Waals surface area contributed by atoms with Crippen molar-refractivity contribution in [2.24, 2.45) is 5.92 Å². The number of nitriles is 1. The van der Waals surface area contributed by atoms with Crippen molar-refractivity contribution in [2.45, 2.75) is 31.1 Å². The highest BCUT2D eigenvalue weighted by molar-refractivity contribution is 7.89. The number of methoxy groups -OCH3 is 1. The quantitative estimate of drug-likeness (QED) is 0.853. The van der Waals surface area contributed by atoms with Crippen molar-refractivity contribution >= 4 is 10.0 Å². The molecule has 1 atom stereocenters. The first-order valence-electron chi connectivity index (χ1n) is 7.49. The van der Waals surface area contributed by atoms with Crippen molar-refractivity contribution in [3.05, 3.63) is 29.3 Å². The molecule has 0 bridgehead atoms. The van der Waals surface area contributed by atoms with Crippen LogP contribution >= 0.6 is 0 Å². The SMILES string of the molecule is COCC1CCCCN(S(=O)(=O)c2cccc(C)c2C#N)C1. The molecular weight excluding hydrogens is 300 g/mol. The van der Waals surface area contributed by atoms with Crippen LogP contribution in [-0.4, -0.2) is 39.5 Å². The fourth-order valence-corrected chi connectivity index (χ4v) is 4.69. The van der Waals surface area contributed by atoms with Crippen LogP contribution in [0.15, 0.2) is 23.1 Å². The smallest absolute Gasteiger partial charge is 0.244 e. The zero-order chi connectivity index (χ0) is 16.2. The van der Waals surface area contributed by atoms with Gasteiger partial charge in [-0.15, -0.1) is 0 Å². The maximum Gasteiger partial charge on any atom is 0.244 e. The zero-order valence-corrected chi connectivity index (χ0v) is 13.9. The number of benzene rings is 1. The molecule has 1 fully saturated rings. The van der Waals surface area contributed by atoms with Gasteiger partial charge in [0.1, 0.15) is 11.0 Å². The second kappa shape index (κ2) is 7.23. The third-order valence-corrected chi connectivity index (χ3v) is 6.01.